The zero-order valence-electron chi connectivity index (χ0n) is 44.1. The molecule has 0 spiro atoms. The number of carbonyl (C=O) groups excluding carboxylic acids is 6. The normalized spacial score (nSPS) is 20.7. The van der Waals surface area contributed by atoms with Crippen molar-refractivity contribution < 1.29 is 33.5 Å². The molecule has 15 nitrogen and oxygen atoms in total. The second-order valence-electron chi connectivity index (χ2n) is 22.0. The molecule has 0 aromatic heterocycles. The van der Waals surface area contributed by atoms with E-state index in [0.29, 0.717) is 17.7 Å². The van der Waals surface area contributed by atoms with Crippen molar-refractivity contribution in [3.05, 3.63) is 171 Å². The van der Waals surface area contributed by atoms with Crippen LogP contribution in [-0.2, 0) is 62.8 Å². The lowest BCUT2D eigenvalue weighted by atomic mass is 9.86. The molecule has 5 aromatic carbocycles. The SMILES string of the molecule is CNCC(=O)NC(Cc1ccc(OCc2ccc(C(=O)NC3CC(C(=O)NC4CCCc5ccccc54)N(C(=O)C(N)C(C)(C)C)C3)cc2)cc1)C(=O)N1Cc2ccccc2CC1C(=O)NC1CCCc2ccccc21. The molecule has 1 fully saturated rings. The number of ether oxygens (including phenoxy) is 1. The van der Waals surface area contributed by atoms with E-state index in [9.17, 15) is 28.8 Å². The summed E-state index contributed by atoms with van der Waals surface area (Å²) >= 11 is 0. The molecule has 1 saturated heterocycles. The zero-order valence-corrected chi connectivity index (χ0v) is 44.1. The van der Waals surface area contributed by atoms with Crippen LogP contribution in [0.2, 0.25) is 0 Å². The van der Waals surface area contributed by atoms with Gasteiger partial charge < -0.3 is 46.9 Å². The van der Waals surface area contributed by atoms with Crippen molar-refractivity contribution in [2.24, 2.45) is 11.1 Å². The van der Waals surface area contributed by atoms with Gasteiger partial charge in [-0.15, -0.1) is 0 Å². The molecule has 2 heterocycles. The topological polar surface area (TPSA) is 204 Å². The highest BCUT2D eigenvalue weighted by Crippen LogP contribution is 2.33. The number of nitrogens with zero attached hydrogens (tertiary/aromatic N) is 2. The molecular weight excluding hydrogens is 957 g/mol. The lowest BCUT2D eigenvalue weighted by Gasteiger charge is -2.39. The van der Waals surface area contributed by atoms with Crippen LogP contribution in [0, 0.1) is 5.41 Å². The van der Waals surface area contributed by atoms with Crippen LogP contribution in [0.5, 0.6) is 5.75 Å². The van der Waals surface area contributed by atoms with Crippen LogP contribution >= 0.6 is 0 Å². The third-order valence-corrected chi connectivity index (χ3v) is 15.6. The Hall–Kier alpha value is -7.36. The number of aryl methyl sites for hydroxylation is 2. The van der Waals surface area contributed by atoms with Crippen molar-refractivity contribution in [1.29, 1.82) is 0 Å². The van der Waals surface area contributed by atoms with Gasteiger partial charge in [0.25, 0.3) is 5.91 Å². The molecule has 0 saturated carbocycles. The van der Waals surface area contributed by atoms with E-state index in [2.05, 4.69) is 50.8 Å². The monoisotopic (exact) mass is 1030 g/mol. The van der Waals surface area contributed by atoms with Gasteiger partial charge in [0.15, 0.2) is 0 Å². The number of benzene rings is 5. The summed E-state index contributed by atoms with van der Waals surface area (Å²) in [7, 11) is 1.67. The Balaban J connectivity index is 0.821. The first-order valence-corrected chi connectivity index (χ1v) is 26.9. The van der Waals surface area contributed by atoms with Gasteiger partial charge in [-0.2, -0.15) is 0 Å². The highest BCUT2D eigenvalue weighted by Gasteiger charge is 2.45. The minimum absolute atomic E-state index is 0.0160. The van der Waals surface area contributed by atoms with Crippen LogP contribution < -0.4 is 37.1 Å². The first kappa shape index (κ1) is 53.5. The Morgan fingerprint density at radius 3 is 1.83 bits per heavy atom. The first-order valence-electron chi connectivity index (χ1n) is 26.9. The summed E-state index contributed by atoms with van der Waals surface area (Å²) in [5, 5.41) is 15.4. The molecule has 6 amide bonds. The summed E-state index contributed by atoms with van der Waals surface area (Å²) in [5.41, 5.74) is 14.6. The molecule has 398 valence electrons. The summed E-state index contributed by atoms with van der Waals surface area (Å²) in [6.45, 7) is 6.31. The molecule has 15 heteroatoms. The van der Waals surface area contributed by atoms with Gasteiger partial charge in [-0.1, -0.05) is 118 Å². The highest BCUT2D eigenvalue weighted by molar-refractivity contribution is 5.96. The molecule has 0 bridgehead atoms. The number of nitrogens with one attached hydrogen (secondary N) is 5. The number of fused-ring (bicyclic) bond motifs is 3. The van der Waals surface area contributed by atoms with Crippen LogP contribution in [-0.4, -0.2) is 95.6 Å². The quantitative estimate of drug-likeness (QED) is 0.0693. The predicted octanol–water partition coefficient (Wildman–Crippen LogP) is 5.93. The summed E-state index contributed by atoms with van der Waals surface area (Å²) in [6.07, 6.45) is 6.24. The van der Waals surface area contributed by atoms with E-state index >= 15 is 0 Å². The number of amides is 6. The second-order valence-corrected chi connectivity index (χ2v) is 22.0. The molecule has 2 aliphatic heterocycles. The van der Waals surface area contributed by atoms with Crippen molar-refractivity contribution in [3.63, 3.8) is 0 Å². The van der Waals surface area contributed by atoms with Crippen LogP contribution in [0.3, 0.4) is 0 Å². The van der Waals surface area contributed by atoms with E-state index in [1.807, 2.05) is 106 Å². The summed E-state index contributed by atoms with van der Waals surface area (Å²) in [4.78, 5) is 87.0. The standard InChI is InChI=1S/C61H72N8O7/c1-61(2,3)55(62)60(75)69-36-45(33-53(69)58(73)67-50-22-12-18-41-14-8-10-20-48(41)50)64-56(71)42-27-23-39(24-28-42)37-76-46-29-25-38(26-30-46)31-51(65-54(70)34-63-4)59(74)68-35-44-16-6-5-15-43(44)32-52(68)57(72)66-49-21-11-17-40-13-7-9-19-47(40)49/h5-10,13-16,19-20,23-30,45,49-53,55,63H,11-12,17-18,21-22,31-37,62H2,1-4H3,(H,64,71)(H,65,70)(H,66,72)(H,67,73). The van der Waals surface area contributed by atoms with Crippen LogP contribution in [0.4, 0.5) is 0 Å². The summed E-state index contributed by atoms with van der Waals surface area (Å²) in [6, 6.07) is 34.5. The van der Waals surface area contributed by atoms with Gasteiger partial charge in [0.05, 0.1) is 24.7 Å². The maximum Gasteiger partial charge on any atom is 0.251 e. The number of hydrogen-bond acceptors (Lipinski definition) is 9. The molecule has 4 aliphatic rings. The van der Waals surface area contributed by atoms with Crippen LogP contribution in [0.1, 0.15) is 120 Å². The largest absolute Gasteiger partial charge is 0.489 e. The minimum atomic E-state index is -0.952. The minimum Gasteiger partial charge on any atom is -0.489 e. The van der Waals surface area contributed by atoms with Gasteiger partial charge in [0.2, 0.25) is 29.5 Å². The van der Waals surface area contributed by atoms with Crippen molar-refractivity contribution in [3.8, 4) is 5.75 Å². The lowest BCUT2D eigenvalue weighted by Crippen LogP contribution is -2.59. The average Bonchev–Trinajstić information content (AvgIpc) is 3.85. The Kier molecular flexibility index (Phi) is 16.7. The fourth-order valence-electron chi connectivity index (χ4n) is 11.3. The van der Waals surface area contributed by atoms with Crippen molar-refractivity contribution in [2.45, 2.75) is 134 Å². The number of carbonyl (C=O) groups is 6. The van der Waals surface area contributed by atoms with E-state index in [1.54, 1.807) is 29.0 Å². The first-order chi connectivity index (χ1) is 36.6. The van der Waals surface area contributed by atoms with Crippen LogP contribution in [0.25, 0.3) is 0 Å². The molecule has 5 aromatic rings. The van der Waals surface area contributed by atoms with Crippen molar-refractivity contribution in [2.75, 3.05) is 20.1 Å². The number of likely N-dealkylation sites (tertiary alicyclic amines) is 1. The smallest absolute Gasteiger partial charge is 0.251 e. The Morgan fingerprint density at radius 2 is 1.22 bits per heavy atom. The fourth-order valence-corrected chi connectivity index (χ4v) is 11.3. The van der Waals surface area contributed by atoms with Crippen molar-refractivity contribution in [1.82, 2.24) is 36.4 Å². The van der Waals surface area contributed by atoms with E-state index in [-0.39, 0.29) is 86.6 Å². The van der Waals surface area contributed by atoms with Gasteiger partial charge in [-0.25, -0.2) is 0 Å². The van der Waals surface area contributed by atoms with Gasteiger partial charge in [-0.05, 0) is 126 Å². The fraction of sp³-hybridized carbons (Fsp3) is 0.410. The Labute approximate surface area is 446 Å². The number of hydrogen-bond donors (Lipinski definition) is 6. The number of nitrogens with two attached hydrogens (primary N) is 1. The van der Waals surface area contributed by atoms with E-state index < -0.39 is 35.6 Å². The summed E-state index contributed by atoms with van der Waals surface area (Å²) in [5.74, 6) is -1.21. The summed E-state index contributed by atoms with van der Waals surface area (Å²) < 4.78 is 6.16. The van der Waals surface area contributed by atoms with E-state index in [0.717, 1.165) is 71.9 Å². The van der Waals surface area contributed by atoms with E-state index in [4.69, 9.17) is 10.5 Å². The third kappa shape index (κ3) is 12.5. The molecule has 7 atom stereocenters. The second kappa shape index (κ2) is 23.7. The molecule has 76 heavy (non-hydrogen) atoms. The molecule has 2 aliphatic carbocycles. The van der Waals surface area contributed by atoms with E-state index in [1.165, 1.54) is 11.1 Å². The maximum absolute atomic E-state index is 14.8. The lowest BCUT2D eigenvalue weighted by molar-refractivity contribution is -0.144. The maximum atomic E-state index is 14.8. The van der Waals surface area contributed by atoms with Gasteiger partial charge in [0.1, 0.15) is 30.5 Å². The van der Waals surface area contributed by atoms with Gasteiger partial charge >= 0.3 is 0 Å². The molecule has 7 unspecified atom stereocenters. The molecular formula is C61H72N8O7. The number of rotatable bonds is 16. The highest BCUT2D eigenvalue weighted by atomic mass is 16.5. The average molecular weight is 1030 g/mol. The van der Waals surface area contributed by atoms with Crippen LogP contribution in [0.15, 0.2) is 121 Å². The predicted molar refractivity (Wildman–Crippen MR) is 291 cm³/mol. The molecule has 9 rings (SSSR count). The Bertz CT molecular complexity index is 2920. The zero-order chi connectivity index (χ0) is 53.5. The molecule has 7 N–H and O–H groups in total. The van der Waals surface area contributed by atoms with Gasteiger partial charge in [0, 0.05) is 37.5 Å². The van der Waals surface area contributed by atoms with Gasteiger partial charge in [-0.3, -0.25) is 28.8 Å². The number of likely N-dealkylation sites (N-methyl/N-ethyl adjacent to an activating group) is 1. The van der Waals surface area contributed by atoms with Crippen molar-refractivity contribution >= 4 is 35.4 Å². The Morgan fingerprint density at radius 1 is 0.658 bits per heavy atom. The third-order valence-electron chi connectivity index (χ3n) is 15.6. The molecule has 0 radical (unpaired) electrons.